The van der Waals surface area contributed by atoms with Gasteiger partial charge in [-0.15, -0.1) is 0 Å². The molecule has 0 aliphatic carbocycles. The fourth-order valence-corrected chi connectivity index (χ4v) is 2.43. The van der Waals surface area contributed by atoms with Crippen LogP contribution in [0.15, 0.2) is 54.6 Å². The molecule has 0 heterocycles. The Labute approximate surface area is 125 Å². The van der Waals surface area contributed by atoms with Gasteiger partial charge in [0.1, 0.15) is 11.9 Å². The molecule has 0 aliphatic rings. The zero-order valence-corrected chi connectivity index (χ0v) is 12.6. The Morgan fingerprint density at radius 2 is 1.70 bits per heavy atom. The average molecular weight is 290 g/mol. The van der Waals surface area contributed by atoms with Gasteiger partial charge in [0.05, 0.1) is 6.04 Å². The van der Waals surface area contributed by atoms with Crippen LogP contribution in [0.3, 0.4) is 0 Å². The fraction of sp³-hybridized carbons (Fsp3) is 0.294. The van der Waals surface area contributed by atoms with Crippen LogP contribution in [0, 0.1) is 0 Å². The standard InChI is InChI=1S/C17H20ClNO/c1-3-16(20-15-11-9-14(18)10-12-15)17(19-2)13-7-5-4-6-8-13/h4-12,16-17,19H,3H2,1-2H3. The molecule has 106 valence electrons. The van der Waals surface area contributed by atoms with Crippen molar-refractivity contribution in [3.63, 3.8) is 0 Å². The maximum atomic E-state index is 6.10. The molecule has 2 rings (SSSR count). The molecule has 0 saturated carbocycles. The third-order valence-electron chi connectivity index (χ3n) is 3.34. The Balaban J connectivity index is 2.15. The van der Waals surface area contributed by atoms with E-state index in [0.717, 1.165) is 17.2 Å². The molecule has 0 aromatic heterocycles. The molecule has 2 unspecified atom stereocenters. The number of hydrogen-bond acceptors (Lipinski definition) is 2. The first-order valence-corrected chi connectivity index (χ1v) is 7.26. The highest BCUT2D eigenvalue weighted by atomic mass is 35.5. The minimum absolute atomic E-state index is 0.0728. The van der Waals surface area contributed by atoms with Crippen molar-refractivity contribution in [1.82, 2.24) is 5.32 Å². The predicted octanol–water partition coefficient (Wildman–Crippen LogP) is 4.46. The summed E-state index contributed by atoms with van der Waals surface area (Å²) in [6.45, 7) is 2.13. The smallest absolute Gasteiger partial charge is 0.119 e. The van der Waals surface area contributed by atoms with Crippen LogP contribution in [0.5, 0.6) is 5.75 Å². The van der Waals surface area contributed by atoms with Crippen molar-refractivity contribution in [2.75, 3.05) is 7.05 Å². The highest BCUT2D eigenvalue weighted by molar-refractivity contribution is 6.30. The van der Waals surface area contributed by atoms with Gasteiger partial charge in [0.25, 0.3) is 0 Å². The number of halogens is 1. The van der Waals surface area contributed by atoms with Crippen molar-refractivity contribution in [1.29, 1.82) is 0 Å². The number of rotatable bonds is 6. The molecule has 2 aromatic carbocycles. The predicted molar refractivity (Wildman–Crippen MR) is 84.4 cm³/mol. The lowest BCUT2D eigenvalue weighted by Gasteiger charge is -2.27. The van der Waals surface area contributed by atoms with Gasteiger partial charge in [0, 0.05) is 5.02 Å². The van der Waals surface area contributed by atoms with Gasteiger partial charge in [0.15, 0.2) is 0 Å². The SMILES string of the molecule is CCC(Oc1ccc(Cl)cc1)C(NC)c1ccccc1. The minimum atomic E-state index is 0.0728. The number of likely N-dealkylation sites (N-methyl/N-ethyl adjacent to an activating group) is 1. The number of hydrogen-bond donors (Lipinski definition) is 1. The quantitative estimate of drug-likeness (QED) is 0.848. The molecule has 0 fully saturated rings. The largest absolute Gasteiger partial charge is 0.488 e. The number of ether oxygens (including phenoxy) is 1. The van der Waals surface area contributed by atoms with Crippen LogP contribution in [-0.4, -0.2) is 13.2 Å². The molecule has 1 N–H and O–H groups in total. The van der Waals surface area contributed by atoms with Crippen molar-refractivity contribution in [3.8, 4) is 5.75 Å². The molecule has 2 nitrogen and oxygen atoms in total. The van der Waals surface area contributed by atoms with E-state index in [1.54, 1.807) is 0 Å². The Hall–Kier alpha value is -1.51. The summed E-state index contributed by atoms with van der Waals surface area (Å²) >= 11 is 5.90. The molecule has 2 aromatic rings. The third-order valence-corrected chi connectivity index (χ3v) is 3.60. The summed E-state index contributed by atoms with van der Waals surface area (Å²) in [7, 11) is 1.96. The van der Waals surface area contributed by atoms with Gasteiger partial charge >= 0.3 is 0 Å². The van der Waals surface area contributed by atoms with Crippen molar-refractivity contribution in [2.45, 2.75) is 25.5 Å². The molecule has 3 heteroatoms. The van der Waals surface area contributed by atoms with E-state index >= 15 is 0 Å². The van der Waals surface area contributed by atoms with Gasteiger partial charge < -0.3 is 10.1 Å². The van der Waals surface area contributed by atoms with Crippen LogP contribution in [0.1, 0.15) is 24.9 Å². The molecule has 0 saturated heterocycles. The van der Waals surface area contributed by atoms with Gasteiger partial charge in [-0.1, -0.05) is 48.9 Å². The van der Waals surface area contributed by atoms with Gasteiger partial charge in [-0.05, 0) is 43.3 Å². The van der Waals surface area contributed by atoms with Gasteiger partial charge in [-0.25, -0.2) is 0 Å². The Morgan fingerprint density at radius 3 is 2.25 bits per heavy atom. The second-order valence-electron chi connectivity index (χ2n) is 4.70. The van der Waals surface area contributed by atoms with E-state index in [-0.39, 0.29) is 12.1 Å². The van der Waals surface area contributed by atoms with E-state index in [9.17, 15) is 0 Å². The fourth-order valence-electron chi connectivity index (χ4n) is 2.30. The van der Waals surface area contributed by atoms with Crippen LogP contribution in [0.2, 0.25) is 5.02 Å². The van der Waals surface area contributed by atoms with E-state index in [1.807, 2.05) is 37.4 Å². The normalized spacial score (nSPS) is 13.8. The first kappa shape index (κ1) is 14.9. The lowest BCUT2D eigenvalue weighted by Crippen LogP contribution is -2.33. The van der Waals surface area contributed by atoms with E-state index in [2.05, 4.69) is 36.5 Å². The zero-order chi connectivity index (χ0) is 14.4. The Bertz CT molecular complexity index is 512. The summed E-state index contributed by atoms with van der Waals surface area (Å²) in [4.78, 5) is 0. The molecule has 0 radical (unpaired) electrons. The van der Waals surface area contributed by atoms with E-state index < -0.39 is 0 Å². The Morgan fingerprint density at radius 1 is 1.05 bits per heavy atom. The summed E-state index contributed by atoms with van der Waals surface area (Å²) < 4.78 is 6.10. The molecule has 0 spiro atoms. The van der Waals surface area contributed by atoms with Crippen LogP contribution in [0.4, 0.5) is 0 Å². The lowest BCUT2D eigenvalue weighted by atomic mass is 9.99. The maximum absolute atomic E-state index is 6.10. The zero-order valence-electron chi connectivity index (χ0n) is 11.8. The van der Waals surface area contributed by atoms with Crippen molar-refractivity contribution < 1.29 is 4.74 Å². The van der Waals surface area contributed by atoms with E-state index in [1.165, 1.54) is 5.56 Å². The van der Waals surface area contributed by atoms with Crippen LogP contribution in [0.25, 0.3) is 0 Å². The second kappa shape index (κ2) is 7.32. The summed E-state index contributed by atoms with van der Waals surface area (Å²) in [6.07, 6.45) is 0.992. The first-order valence-electron chi connectivity index (χ1n) is 6.89. The number of nitrogens with one attached hydrogen (secondary N) is 1. The van der Waals surface area contributed by atoms with Gasteiger partial charge in [-0.3, -0.25) is 0 Å². The highest BCUT2D eigenvalue weighted by Crippen LogP contribution is 2.24. The molecular weight excluding hydrogens is 270 g/mol. The molecule has 0 amide bonds. The Kier molecular flexibility index (Phi) is 5.45. The van der Waals surface area contributed by atoms with Crippen molar-refractivity contribution >= 4 is 11.6 Å². The van der Waals surface area contributed by atoms with E-state index in [4.69, 9.17) is 16.3 Å². The summed E-state index contributed by atoms with van der Waals surface area (Å²) in [5, 5.41) is 4.07. The first-order chi connectivity index (χ1) is 9.74. The third kappa shape index (κ3) is 3.75. The van der Waals surface area contributed by atoms with Crippen molar-refractivity contribution in [3.05, 3.63) is 65.2 Å². The minimum Gasteiger partial charge on any atom is -0.488 e. The molecule has 2 atom stereocenters. The van der Waals surface area contributed by atoms with Gasteiger partial charge in [-0.2, -0.15) is 0 Å². The van der Waals surface area contributed by atoms with Crippen LogP contribution < -0.4 is 10.1 Å². The highest BCUT2D eigenvalue weighted by Gasteiger charge is 2.21. The van der Waals surface area contributed by atoms with Crippen molar-refractivity contribution in [2.24, 2.45) is 0 Å². The summed E-state index contributed by atoms with van der Waals surface area (Å²) in [5.41, 5.74) is 1.23. The van der Waals surface area contributed by atoms with Gasteiger partial charge in [0.2, 0.25) is 0 Å². The molecule has 0 aliphatic heterocycles. The molecule has 0 bridgehead atoms. The molecule has 20 heavy (non-hydrogen) atoms. The van der Waals surface area contributed by atoms with E-state index in [0.29, 0.717) is 0 Å². The maximum Gasteiger partial charge on any atom is 0.119 e. The summed E-state index contributed by atoms with van der Waals surface area (Å²) in [6, 6.07) is 18.0. The topological polar surface area (TPSA) is 21.3 Å². The monoisotopic (exact) mass is 289 g/mol. The van der Waals surface area contributed by atoms with Crippen LogP contribution in [-0.2, 0) is 0 Å². The molecular formula is C17H20ClNO. The lowest BCUT2D eigenvalue weighted by molar-refractivity contribution is 0.152. The second-order valence-corrected chi connectivity index (χ2v) is 5.13. The number of benzene rings is 2. The summed E-state index contributed by atoms with van der Waals surface area (Å²) in [5.74, 6) is 0.845. The van der Waals surface area contributed by atoms with Crippen LogP contribution >= 0.6 is 11.6 Å². The average Bonchev–Trinajstić information content (AvgIpc) is 2.50.